The number of hydrogen-bond acceptors (Lipinski definition) is 4. The number of benzene rings is 1. The number of nitrogens with one attached hydrogen (secondary N) is 1. The van der Waals surface area contributed by atoms with Gasteiger partial charge in [0.25, 0.3) is 0 Å². The topological polar surface area (TPSA) is 58.6 Å². The summed E-state index contributed by atoms with van der Waals surface area (Å²) in [6, 6.07) is 6.99. The van der Waals surface area contributed by atoms with Gasteiger partial charge in [0.2, 0.25) is 5.91 Å². The smallest absolute Gasteiger partial charge is 0.337 e. The van der Waals surface area contributed by atoms with Gasteiger partial charge in [0.05, 0.1) is 12.7 Å². The molecule has 5 nitrogen and oxygen atoms in total. The van der Waals surface area contributed by atoms with Crippen molar-refractivity contribution in [2.24, 2.45) is 0 Å². The number of carbonyl (C=O) groups excluding carboxylic acids is 2. The van der Waals surface area contributed by atoms with E-state index in [2.05, 4.69) is 10.1 Å². The molecule has 0 atom stereocenters. The van der Waals surface area contributed by atoms with Gasteiger partial charge in [-0.1, -0.05) is 0 Å². The van der Waals surface area contributed by atoms with Gasteiger partial charge in [-0.05, 0) is 38.1 Å². The molecule has 0 saturated carbocycles. The molecular weight excluding hydrogens is 256 g/mol. The van der Waals surface area contributed by atoms with Crippen molar-refractivity contribution < 1.29 is 14.3 Å². The van der Waals surface area contributed by atoms with Crippen LogP contribution in [0.4, 0.5) is 5.69 Å². The van der Waals surface area contributed by atoms with E-state index in [0.717, 1.165) is 18.8 Å². The van der Waals surface area contributed by atoms with Crippen LogP contribution in [-0.4, -0.2) is 43.5 Å². The Labute approximate surface area is 119 Å². The van der Waals surface area contributed by atoms with Crippen LogP contribution < -0.4 is 5.32 Å². The second-order valence-corrected chi connectivity index (χ2v) is 4.31. The number of rotatable bonds is 7. The molecular formula is C15H22N2O3. The lowest BCUT2D eigenvalue weighted by Gasteiger charge is -2.18. The average Bonchev–Trinajstić information content (AvgIpc) is 2.48. The molecule has 1 rings (SSSR count). The second-order valence-electron chi connectivity index (χ2n) is 4.31. The number of ether oxygens (including phenoxy) is 1. The van der Waals surface area contributed by atoms with Crippen LogP contribution in [-0.2, 0) is 9.53 Å². The van der Waals surface area contributed by atoms with E-state index in [1.165, 1.54) is 7.11 Å². The van der Waals surface area contributed by atoms with Crippen LogP contribution in [0.25, 0.3) is 0 Å². The van der Waals surface area contributed by atoms with Crippen LogP contribution in [0.1, 0.15) is 30.6 Å². The van der Waals surface area contributed by atoms with Gasteiger partial charge >= 0.3 is 5.97 Å². The molecule has 0 heterocycles. The van der Waals surface area contributed by atoms with Crippen molar-refractivity contribution in [3.8, 4) is 0 Å². The summed E-state index contributed by atoms with van der Waals surface area (Å²) in [5, 5.41) is 3.16. The Hall–Kier alpha value is -2.04. The first-order valence-electron chi connectivity index (χ1n) is 6.82. The molecule has 1 aromatic carbocycles. The van der Waals surface area contributed by atoms with Crippen LogP contribution in [0, 0.1) is 0 Å². The molecule has 1 N–H and O–H groups in total. The molecule has 0 radical (unpaired) electrons. The molecule has 0 unspecified atom stereocenters. The average molecular weight is 278 g/mol. The van der Waals surface area contributed by atoms with E-state index < -0.39 is 0 Å². The molecule has 20 heavy (non-hydrogen) atoms. The van der Waals surface area contributed by atoms with Crippen LogP contribution in [0.2, 0.25) is 0 Å². The minimum atomic E-state index is -0.353. The number of methoxy groups -OCH3 is 1. The van der Waals surface area contributed by atoms with Crippen LogP contribution in [0.5, 0.6) is 0 Å². The Balaban J connectivity index is 2.43. The van der Waals surface area contributed by atoms with E-state index in [0.29, 0.717) is 18.5 Å². The minimum Gasteiger partial charge on any atom is -0.465 e. The molecule has 1 amide bonds. The maximum absolute atomic E-state index is 11.8. The van der Waals surface area contributed by atoms with Crippen molar-refractivity contribution in [2.45, 2.75) is 20.3 Å². The maximum Gasteiger partial charge on any atom is 0.337 e. The number of anilines is 1. The number of nitrogens with zero attached hydrogens (tertiary/aromatic N) is 1. The maximum atomic E-state index is 11.8. The summed E-state index contributed by atoms with van der Waals surface area (Å²) in [5.74, 6) is -0.207. The van der Waals surface area contributed by atoms with Gasteiger partial charge in [0.15, 0.2) is 0 Å². The number of carbonyl (C=O) groups is 2. The van der Waals surface area contributed by atoms with E-state index in [1.807, 2.05) is 18.7 Å². The SMILES string of the molecule is CCN(CC)C(=O)CCNc1ccc(C(=O)OC)cc1. The van der Waals surface area contributed by atoms with E-state index >= 15 is 0 Å². The van der Waals surface area contributed by atoms with Gasteiger partial charge in [-0.2, -0.15) is 0 Å². The van der Waals surface area contributed by atoms with Crippen molar-refractivity contribution >= 4 is 17.6 Å². The summed E-state index contributed by atoms with van der Waals surface area (Å²) < 4.78 is 4.63. The van der Waals surface area contributed by atoms with Crippen molar-refractivity contribution in [1.82, 2.24) is 4.90 Å². The molecule has 0 bridgehead atoms. The normalized spacial score (nSPS) is 9.95. The Bertz CT molecular complexity index is 439. The number of hydrogen-bond donors (Lipinski definition) is 1. The zero-order valence-electron chi connectivity index (χ0n) is 12.3. The van der Waals surface area contributed by atoms with Gasteiger partial charge in [-0.15, -0.1) is 0 Å². The van der Waals surface area contributed by atoms with Crippen LogP contribution >= 0.6 is 0 Å². The lowest BCUT2D eigenvalue weighted by Crippen LogP contribution is -2.31. The van der Waals surface area contributed by atoms with Crippen molar-refractivity contribution in [2.75, 3.05) is 32.1 Å². The van der Waals surface area contributed by atoms with Crippen molar-refractivity contribution in [3.05, 3.63) is 29.8 Å². The van der Waals surface area contributed by atoms with Crippen LogP contribution in [0.15, 0.2) is 24.3 Å². The summed E-state index contributed by atoms with van der Waals surface area (Å²) >= 11 is 0. The molecule has 1 aromatic rings. The lowest BCUT2D eigenvalue weighted by molar-refractivity contribution is -0.130. The van der Waals surface area contributed by atoms with Gasteiger partial charge in [-0.3, -0.25) is 4.79 Å². The Morgan fingerprint density at radius 1 is 1.15 bits per heavy atom. The molecule has 110 valence electrons. The van der Waals surface area contributed by atoms with E-state index in [4.69, 9.17) is 0 Å². The zero-order valence-corrected chi connectivity index (χ0v) is 12.3. The first-order chi connectivity index (χ1) is 9.62. The molecule has 0 aromatic heterocycles. The van der Waals surface area contributed by atoms with Crippen molar-refractivity contribution in [1.29, 1.82) is 0 Å². The Kier molecular flexibility index (Phi) is 6.56. The first kappa shape index (κ1) is 16.0. The molecule has 0 aliphatic carbocycles. The zero-order chi connectivity index (χ0) is 15.0. The summed E-state index contributed by atoms with van der Waals surface area (Å²) in [5.41, 5.74) is 1.39. The monoisotopic (exact) mass is 278 g/mol. The lowest BCUT2D eigenvalue weighted by atomic mass is 10.2. The fourth-order valence-corrected chi connectivity index (χ4v) is 1.89. The summed E-state index contributed by atoms with van der Waals surface area (Å²) in [6.45, 7) is 6.00. The first-order valence-corrected chi connectivity index (χ1v) is 6.82. The van der Waals surface area contributed by atoms with E-state index in [-0.39, 0.29) is 11.9 Å². The molecule has 0 aliphatic rings. The summed E-state index contributed by atoms with van der Waals surface area (Å²) in [4.78, 5) is 24.9. The highest BCUT2D eigenvalue weighted by atomic mass is 16.5. The Morgan fingerprint density at radius 2 is 1.75 bits per heavy atom. The number of amides is 1. The third kappa shape index (κ3) is 4.57. The van der Waals surface area contributed by atoms with Gasteiger partial charge in [-0.25, -0.2) is 4.79 Å². The highest BCUT2D eigenvalue weighted by Gasteiger charge is 2.08. The fraction of sp³-hybridized carbons (Fsp3) is 0.467. The minimum absolute atomic E-state index is 0.147. The predicted molar refractivity (Wildman–Crippen MR) is 78.8 cm³/mol. The summed E-state index contributed by atoms with van der Waals surface area (Å²) in [7, 11) is 1.35. The molecule has 0 spiro atoms. The third-order valence-electron chi connectivity index (χ3n) is 3.09. The van der Waals surface area contributed by atoms with Gasteiger partial charge in [0.1, 0.15) is 0 Å². The molecule has 0 saturated heterocycles. The quantitative estimate of drug-likeness (QED) is 0.776. The van der Waals surface area contributed by atoms with E-state index in [1.54, 1.807) is 24.3 Å². The standard InChI is InChI=1S/C15H22N2O3/c1-4-17(5-2)14(18)10-11-16-13-8-6-12(7-9-13)15(19)20-3/h6-9,16H,4-5,10-11H2,1-3H3. The van der Waals surface area contributed by atoms with Crippen molar-refractivity contribution in [3.63, 3.8) is 0 Å². The van der Waals surface area contributed by atoms with E-state index in [9.17, 15) is 9.59 Å². The largest absolute Gasteiger partial charge is 0.465 e. The Morgan fingerprint density at radius 3 is 2.25 bits per heavy atom. The predicted octanol–water partition coefficient (Wildman–Crippen LogP) is 2.14. The molecule has 0 aliphatic heterocycles. The van der Waals surface area contributed by atoms with Crippen LogP contribution in [0.3, 0.4) is 0 Å². The molecule has 0 fully saturated rings. The summed E-state index contributed by atoms with van der Waals surface area (Å²) in [6.07, 6.45) is 0.459. The highest BCUT2D eigenvalue weighted by Crippen LogP contribution is 2.10. The van der Waals surface area contributed by atoms with Gasteiger partial charge < -0.3 is 15.0 Å². The molecule has 5 heteroatoms. The highest BCUT2D eigenvalue weighted by molar-refractivity contribution is 5.89. The fourth-order valence-electron chi connectivity index (χ4n) is 1.89. The third-order valence-corrected chi connectivity index (χ3v) is 3.09. The second kappa shape index (κ2) is 8.19. The number of esters is 1. The van der Waals surface area contributed by atoms with Gasteiger partial charge in [0, 0.05) is 31.7 Å².